The van der Waals surface area contributed by atoms with Gasteiger partial charge in [-0.3, -0.25) is 0 Å². The third-order valence-corrected chi connectivity index (χ3v) is 2.56. The summed E-state index contributed by atoms with van der Waals surface area (Å²) in [7, 11) is 1.30. The number of carbonyl (C=O) groups is 1. The molecule has 4 nitrogen and oxygen atoms in total. The van der Waals surface area contributed by atoms with E-state index in [9.17, 15) is 4.79 Å². The lowest BCUT2D eigenvalue weighted by atomic mass is 10.3. The highest BCUT2D eigenvalue weighted by Gasteiger charge is 2.20. The molecule has 0 bridgehead atoms. The van der Waals surface area contributed by atoms with Crippen LogP contribution < -0.4 is 0 Å². The standard InChI is InChI=1S/C9H9ClN2O2/c1-14-9(13)8-11-6-4-2-3-5(6)7(10)12-8/h2-4H2,1H3. The highest BCUT2D eigenvalue weighted by Crippen LogP contribution is 2.25. The number of hydrogen-bond donors (Lipinski definition) is 0. The van der Waals surface area contributed by atoms with Crippen LogP contribution in [0.15, 0.2) is 0 Å². The first-order chi connectivity index (χ1) is 6.72. The van der Waals surface area contributed by atoms with Crippen molar-refractivity contribution in [2.75, 3.05) is 7.11 Å². The molecule has 0 saturated heterocycles. The fourth-order valence-electron chi connectivity index (χ4n) is 1.57. The van der Waals surface area contributed by atoms with Gasteiger partial charge in [0.15, 0.2) is 0 Å². The maximum absolute atomic E-state index is 11.2. The third-order valence-electron chi connectivity index (χ3n) is 2.25. The maximum Gasteiger partial charge on any atom is 0.376 e. The summed E-state index contributed by atoms with van der Waals surface area (Å²) in [4.78, 5) is 19.2. The van der Waals surface area contributed by atoms with Crippen LogP contribution in [-0.2, 0) is 17.6 Å². The Morgan fingerprint density at radius 1 is 1.43 bits per heavy atom. The fourth-order valence-corrected chi connectivity index (χ4v) is 1.85. The largest absolute Gasteiger partial charge is 0.463 e. The average Bonchev–Trinajstić information content (AvgIpc) is 2.64. The average molecular weight is 213 g/mol. The van der Waals surface area contributed by atoms with Gasteiger partial charge in [0, 0.05) is 11.3 Å². The van der Waals surface area contributed by atoms with Gasteiger partial charge in [0.25, 0.3) is 0 Å². The van der Waals surface area contributed by atoms with Gasteiger partial charge in [0.05, 0.1) is 7.11 Å². The Kier molecular flexibility index (Phi) is 2.37. The van der Waals surface area contributed by atoms with Crippen LogP contribution in [0.2, 0.25) is 5.15 Å². The molecular weight excluding hydrogens is 204 g/mol. The Hall–Kier alpha value is -1.16. The minimum Gasteiger partial charge on any atom is -0.463 e. The molecule has 0 N–H and O–H groups in total. The summed E-state index contributed by atoms with van der Waals surface area (Å²) in [5.41, 5.74) is 1.85. The molecule has 74 valence electrons. The zero-order valence-electron chi connectivity index (χ0n) is 7.71. The van der Waals surface area contributed by atoms with Gasteiger partial charge < -0.3 is 4.74 Å². The van der Waals surface area contributed by atoms with Crippen molar-refractivity contribution < 1.29 is 9.53 Å². The van der Waals surface area contributed by atoms with Crippen molar-refractivity contribution in [1.82, 2.24) is 9.97 Å². The summed E-state index contributed by atoms with van der Waals surface area (Å²) in [5, 5.41) is 0.382. The van der Waals surface area contributed by atoms with E-state index in [0.29, 0.717) is 5.15 Å². The number of rotatable bonds is 1. The number of esters is 1. The predicted octanol–water partition coefficient (Wildman–Crippen LogP) is 1.41. The monoisotopic (exact) mass is 212 g/mol. The minimum atomic E-state index is -0.540. The number of carbonyl (C=O) groups excluding carboxylic acids is 1. The van der Waals surface area contributed by atoms with Crippen LogP contribution >= 0.6 is 11.6 Å². The highest BCUT2D eigenvalue weighted by atomic mass is 35.5. The number of aryl methyl sites for hydroxylation is 1. The van der Waals surface area contributed by atoms with Gasteiger partial charge in [-0.05, 0) is 19.3 Å². The van der Waals surface area contributed by atoms with E-state index in [-0.39, 0.29) is 5.82 Å². The number of hydrogen-bond acceptors (Lipinski definition) is 4. The lowest BCUT2D eigenvalue weighted by Gasteiger charge is -2.03. The van der Waals surface area contributed by atoms with Crippen LogP contribution in [0.5, 0.6) is 0 Å². The quantitative estimate of drug-likeness (QED) is 0.522. The predicted molar refractivity (Wildman–Crippen MR) is 50.4 cm³/mol. The lowest BCUT2D eigenvalue weighted by Crippen LogP contribution is -2.09. The molecular formula is C9H9ClN2O2. The van der Waals surface area contributed by atoms with E-state index in [4.69, 9.17) is 11.6 Å². The van der Waals surface area contributed by atoms with Crippen LogP contribution in [0.25, 0.3) is 0 Å². The van der Waals surface area contributed by atoms with E-state index < -0.39 is 5.97 Å². The van der Waals surface area contributed by atoms with Crippen molar-refractivity contribution in [3.63, 3.8) is 0 Å². The first kappa shape index (κ1) is 9.40. The van der Waals surface area contributed by atoms with Crippen LogP contribution in [0.4, 0.5) is 0 Å². The zero-order valence-corrected chi connectivity index (χ0v) is 8.47. The number of aromatic nitrogens is 2. The molecule has 0 radical (unpaired) electrons. The van der Waals surface area contributed by atoms with Crippen molar-refractivity contribution in [2.24, 2.45) is 0 Å². The van der Waals surface area contributed by atoms with E-state index in [0.717, 1.165) is 30.5 Å². The van der Waals surface area contributed by atoms with E-state index >= 15 is 0 Å². The number of halogens is 1. The SMILES string of the molecule is COC(=O)c1nc(Cl)c2c(n1)CCC2. The number of nitrogens with zero attached hydrogens (tertiary/aromatic N) is 2. The van der Waals surface area contributed by atoms with Crippen LogP contribution in [0.3, 0.4) is 0 Å². The van der Waals surface area contributed by atoms with Gasteiger partial charge >= 0.3 is 5.97 Å². The van der Waals surface area contributed by atoms with E-state index in [1.54, 1.807) is 0 Å². The summed E-state index contributed by atoms with van der Waals surface area (Å²) in [5.74, 6) is -0.486. The molecule has 0 amide bonds. The van der Waals surface area contributed by atoms with Gasteiger partial charge in [0.1, 0.15) is 5.15 Å². The van der Waals surface area contributed by atoms with Crippen molar-refractivity contribution in [3.8, 4) is 0 Å². The summed E-state index contributed by atoms with van der Waals surface area (Å²) in [6, 6.07) is 0. The van der Waals surface area contributed by atoms with Gasteiger partial charge in [-0.2, -0.15) is 0 Å². The Labute approximate surface area is 86.3 Å². The van der Waals surface area contributed by atoms with Crippen molar-refractivity contribution >= 4 is 17.6 Å². The summed E-state index contributed by atoms with van der Waals surface area (Å²) in [6.07, 6.45) is 2.78. The van der Waals surface area contributed by atoms with Gasteiger partial charge in [-0.25, -0.2) is 14.8 Å². The van der Waals surface area contributed by atoms with Crippen molar-refractivity contribution in [2.45, 2.75) is 19.3 Å². The molecule has 2 rings (SSSR count). The zero-order chi connectivity index (χ0) is 10.1. The molecule has 0 aliphatic heterocycles. The Balaban J connectivity index is 2.46. The van der Waals surface area contributed by atoms with Gasteiger partial charge in [-0.1, -0.05) is 11.6 Å². The molecule has 0 unspecified atom stereocenters. The molecule has 0 aromatic carbocycles. The molecule has 1 heterocycles. The normalized spacial score (nSPS) is 13.9. The van der Waals surface area contributed by atoms with Crippen LogP contribution in [-0.4, -0.2) is 23.0 Å². The molecule has 1 aromatic rings. The van der Waals surface area contributed by atoms with Crippen molar-refractivity contribution in [3.05, 3.63) is 22.2 Å². The summed E-state index contributed by atoms with van der Waals surface area (Å²) < 4.78 is 4.53. The molecule has 0 fully saturated rings. The summed E-state index contributed by atoms with van der Waals surface area (Å²) in [6.45, 7) is 0. The molecule has 1 aromatic heterocycles. The Morgan fingerprint density at radius 3 is 2.93 bits per heavy atom. The van der Waals surface area contributed by atoms with E-state index in [1.165, 1.54) is 7.11 Å². The number of ether oxygens (including phenoxy) is 1. The van der Waals surface area contributed by atoms with Gasteiger partial charge in [-0.15, -0.1) is 0 Å². The van der Waals surface area contributed by atoms with Gasteiger partial charge in [0.2, 0.25) is 5.82 Å². The smallest absolute Gasteiger partial charge is 0.376 e. The third kappa shape index (κ3) is 1.46. The second kappa shape index (κ2) is 3.53. The molecule has 0 atom stereocenters. The second-order valence-electron chi connectivity index (χ2n) is 3.11. The first-order valence-corrected chi connectivity index (χ1v) is 4.73. The molecule has 1 aliphatic carbocycles. The van der Waals surface area contributed by atoms with Crippen LogP contribution in [0, 0.1) is 0 Å². The number of methoxy groups -OCH3 is 1. The van der Waals surface area contributed by atoms with Crippen LogP contribution in [0.1, 0.15) is 28.3 Å². The number of fused-ring (bicyclic) bond motifs is 1. The molecule has 0 spiro atoms. The molecule has 14 heavy (non-hydrogen) atoms. The first-order valence-electron chi connectivity index (χ1n) is 4.36. The fraction of sp³-hybridized carbons (Fsp3) is 0.444. The molecule has 5 heteroatoms. The maximum atomic E-state index is 11.2. The van der Waals surface area contributed by atoms with Crippen molar-refractivity contribution in [1.29, 1.82) is 0 Å². The van der Waals surface area contributed by atoms with E-state index in [1.807, 2.05) is 0 Å². The second-order valence-corrected chi connectivity index (χ2v) is 3.47. The van der Waals surface area contributed by atoms with E-state index in [2.05, 4.69) is 14.7 Å². The Morgan fingerprint density at radius 2 is 2.21 bits per heavy atom. The highest BCUT2D eigenvalue weighted by molar-refractivity contribution is 6.30. The summed E-state index contributed by atoms with van der Waals surface area (Å²) >= 11 is 5.92. The minimum absolute atomic E-state index is 0.0538. The molecule has 1 aliphatic rings. The molecule has 0 saturated carbocycles. The lowest BCUT2D eigenvalue weighted by molar-refractivity contribution is 0.0586. The topological polar surface area (TPSA) is 52.1 Å². The Bertz CT molecular complexity index is 393.